The largest absolute Gasteiger partial charge is 0.494 e. The number of nitrogens with one attached hydrogen (secondary N) is 1. The number of amides is 1. The van der Waals surface area contributed by atoms with Gasteiger partial charge in [-0.1, -0.05) is 18.2 Å². The molecule has 30 heavy (non-hydrogen) atoms. The van der Waals surface area contributed by atoms with Crippen molar-refractivity contribution in [2.24, 2.45) is 0 Å². The monoisotopic (exact) mass is 423 g/mol. The first-order valence-electron chi connectivity index (χ1n) is 9.61. The van der Waals surface area contributed by atoms with E-state index in [9.17, 15) is 4.79 Å². The Morgan fingerprint density at radius 2 is 1.63 bits per heavy atom. The summed E-state index contributed by atoms with van der Waals surface area (Å²) in [5.41, 5.74) is 2.18. The van der Waals surface area contributed by atoms with Crippen LogP contribution in [0.2, 0.25) is 0 Å². The summed E-state index contributed by atoms with van der Waals surface area (Å²) in [5.74, 6) is 2.47. The number of carbonyl (C=O) groups excluding carboxylic acids is 1. The van der Waals surface area contributed by atoms with Crippen LogP contribution in [0.15, 0.2) is 71.6 Å². The van der Waals surface area contributed by atoms with Gasteiger partial charge in [-0.15, -0.1) is 11.8 Å². The summed E-state index contributed by atoms with van der Waals surface area (Å²) < 4.78 is 16.3. The Hall–Kier alpha value is -3.12. The number of hydrogen-bond donors (Lipinski definition) is 1. The predicted molar refractivity (Wildman–Crippen MR) is 121 cm³/mol. The molecule has 0 bridgehead atoms. The minimum absolute atomic E-state index is 0.198. The van der Waals surface area contributed by atoms with E-state index in [0.29, 0.717) is 35.1 Å². The number of methoxy groups -OCH3 is 2. The fourth-order valence-electron chi connectivity index (χ4n) is 2.92. The first-order valence-corrected chi connectivity index (χ1v) is 10.6. The average molecular weight is 424 g/mol. The molecular formula is C24H25NO4S. The Kier molecular flexibility index (Phi) is 7.63. The van der Waals surface area contributed by atoms with Gasteiger partial charge in [0.1, 0.15) is 5.75 Å². The van der Waals surface area contributed by atoms with Crippen molar-refractivity contribution >= 4 is 23.4 Å². The molecule has 0 aliphatic rings. The maximum Gasteiger partial charge on any atom is 0.255 e. The third-order valence-corrected chi connectivity index (χ3v) is 5.46. The fraction of sp³-hybridized carbons (Fsp3) is 0.208. The van der Waals surface area contributed by atoms with Crippen molar-refractivity contribution in [1.82, 2.24) is 0 Å². The maximum absolute atomic E-state index is 12.8. The van der Waals surface area contributed by atoms with Crippen LogP contribution in [0, 0.1) is 0 Å². The normalized spacial score (nSPS) is 10.4. The molecular weight excluding hydrogens is 398 g/mol. The van der Waals surface area contributed by atoms with E-state index < -0.39 is 0 Å². The van der Waals surface area contributed by atoms with Crippen molar-refractivity contribution in [2.45, 2.75) is 17.6 Å². The lowest BCUT2D eigenvalue weighted by atomic mass is 10.1. The van der Waals surface area contributed by atoms with Crippen molar-refractivity contribution in [3.05, 3.63) is 77.9 Å². The van der Waals surface area contributed by atoms with Gasteiger partial charge in [-0.2, -0.15) is 0 Å². The van der Waals surface area contributed by atoms with E-state index in [-0.39, 0.29) is 5.91 Å². The van der Waals surface area contributed by atoms with Gasteiger partial charge in [-0.25, -0.2) is 0 Å². The number of anilines is 1. The molecule has 1 amide bonds. The zero-order chi connectivity index (χ0) is 21.3. The number of rotatable bonds is 9. The highest BCUT2D eigenvalue weighted by Crippen LogP contribution is 2.31. The molecule has 6 heteroatoms. The minimum atomic E-state index is -0.198. The van der Waals surface area contributed by atoms with Crippen molar-refractivity contribution < 1.29 is 19.0 Å². The maximum atomic E-state index is 12.8. The third-order valence-electron chi connectivity index (χ3n) is 4.40. The van der Waals surface area contributed by atoms with Crippen LogP contribution < -0.4 is 19.5 Å². The quantitative estimate of drug-likeness (QED) is 0.451. The Morgan fingerprint density at radius 3 is 2.33 bits per heavy atom. The number of benzene rings is 3. The van der Waals surface area contributed by atoms with Crippen molar-refractivity contribution in [3.63, 3.8) is 0 Å². The van der Waals surface area contributed by atoms with E-state index in [0.717, 1.165) is 11.3 Å². The zero-order valence-electron chi connectivity index (χ0n) is 17.3. The predicted octanol–water partition coefficient (Wildman–Crippen LogP) is 5.65. The van der Waals surface area contributed by atoms with Gasteiger partial charge in [-0.05, 0) is 49.4 Å². The van der Waals surface area contributed by atoms with E-state index in [1.807, 2.05) is 37.3 Å². The second kappa shape index (κ2) is 10.6. The van der Waals surface area contributed by atoms with Crippen LogP contribution in [-0.2, 0) is 5.75 Å². The van der Waals surface area contributed by atoms with E-state index in [1.165, 1.54) is 4.90 Å². The Balaban J connectivity index is 1.78. The Bertz CT molecular complexity index is 992. The molecule has 0 radical (unpaired) electrons. The van der Waals surface area contributed by atoms with Crippen LogP contribution in [0.5, 0.6) is 17.2 Å². The van der Waals surface area contributed by atoms with Crippen molar-refractivity contribution in [3.8, 4) is 17.2 Å². The van der Waals surface area contributed by atoms with Gasteiger partial charge in [0, 0.05) is 33.5 Å². The zero-order valence-corrected chi connectivity index (χ0v) is 18.1. The van der Waals surface area contributed by atoms with Crippen LogP contribution in [0.25, 0.3) is 0 Å². The van der Waals surface area contributed by atoms with Gasteiger partial charge in [0.05, 0.1) is 20.8 Å². The summed E-state index contributed by atoms with van der Waals surface area (Å²) in [6.45, 7) is 2.52. The van der Waals surface area contributed by atoms with E-state index >= 15 is 0 Å². The van der Waals surface area contributed by atoms with Crippen LogP contribution in [0.4, 0.5) is 5.69 Å². The molecule has 0 heterocycles. The summed E-state index contributed by atoms with van der Waals surface area (Å²) in [6, 6.07) is 20.9. The molecule has 3 aromatic rings. The molecule has 0 aromatic heterocycles. The third kappa shape index (κ3) is 5.48. The Morgan fingerprint density at radius 1 is 0.900 bits per heavy atom. The number of carbonyl (C=O) groups is 1. The van der Waals surface area contributed by atoms with Crippen LogP contribution in [-0.4, -0.2) is 26.7 Å². The van der Waals surface area contributed by atoms with Gasteiger partial charge < -0.3 is 19.5 Å². The fourth-order valence-corrected chi connectivity index (χ4v) is 3.82. The topological polar surface area (TPSA) is 56.8 Å². The molecule has 0 atom stereocenters. The molecule has 3 rings (SSSR count). The van der Waals surface area contributed by atoms with Crippen molar-refractivity contribution in [2.75, 3.05) is 26.1 Å². The lowest BCUT2D eigenvalue weighted by Gasteiger charge is -2.13. The molecule has 156 valence electrons. The molecule has 5 nitrogen and oxygen atoms in total. The second-order valence-corrected chi connectivity index (χ2v) is 7.43. The first-order chi connectivity index (χ1) is 14.6. The number of thioether (sulfide) groups is 1. The van der Waals surface area contributed by atoms with Gasteiger partial charge in [0.25, 0.3) is 5.91 Å². The lowest BCUT2D eigenvalue weighted by Crippen LogP contribution is -2.12. The molecule has 1 N–H and O–H groups in total. The molecule has 0 fully saturated rings. The molecule has 0 saturated carbocycles. The van der Waals surface area contributed by atoms with Gasteiger partial charge in [0.2, 0.25) is 0 Å². The molecule has 3 aromatic carbocycles. The van der Waals surface area contributed by atoms with Crippen molar-refractivity contribution in [1.29, 1.82) is 0 Å². The molecule has 0 aliphatic carbocycles. The van der Waals surface area contributed by atoms with Crippen LogP contribution in [0.1, 0.15) is 22.8 Å². The summed E-state index contributed by atoms with van der Waals surface area (Å²) >= 11 is 1.70. The standard InChI is InChI=1S/C24H25NO4S/c1-4-29-21-12-10-17(14-18(21)16-30-20-8-6-5-7-9-20)24(26)25-19-11-13-22(27-2)23(15-19)28-3/h5-15H,4,16H2,1-3H3,(H,25,26). The molecule has 0 aliphatic heterocycles. The molecule has 0 spiro atoms. The van der Waals surface area contributed by atoms with E-state index in [2.05, 4.69) is 17.4 Å². The first kappa shape index (κ1) is 21.6. The summed E-state index contributed by atoms with van der Waals surface area (Å²) in [4.78, 5) is 14.0. The van der Waals surface area contributed by atoms with Crippen LogP contribution >= 0.6 is 11.8 Å². The Labute approximate surface area is 181 Å². The van der Waals surface area contributed by atoms with Gasteiger partial charge in [0.15, 0.2) is 11.5 Å². The average Bonchev–Trinajstić information content (AvgIpc) is 2.79. The van der Waals surface area contributed by atoms with Gasteiger partial charge >= 0.3 is 0 Å². The van der Waals surface area contributed by atoms with E-state index in [4.69, 9.17) is 14.2 Å². The second-order valence-electron chi connectivity index (χ2n) is 6.38. The number of hydrogen-bond acceptors (Lipinski definition) is 5. The minimum Gasteiger partial charge on any atom is -0.494 e. The van der Waals surface area contributed by atoms with E-state index in [1.54, 1.807) is 50.2 Å². The molecule has 0 saturated heterocycles. The number of ether oxygens (including phenoxy) is 3. The molecule has 0 unspecified atom stereocenters. The van der Waals surface area contributed by atoms with Crippen LogP contribution in [0.3, 0.4) is 0 Å². The SMILES string of the molecule is CCOc1ccc(C(=O)Nc2ccc(OC)c(OC)c2)cc1CSc1ccccc1. The highest BCUT2D eigenvalue weighted by molar-refractivity contribution is 7.98. The summed E-state index contributed by atoms with van der Waals surface area (Å²) in [5, 5.41) is 2.91. The lowest BCUT2D eigenvalue weighted by molar-refractivity contribution is 0.102. The highest BCUT2D eigenvalue weighted by atomic mass is 32.2. The summed E-state index contributed by atoms with van der Waals surface area (Å²) in [6.07, 6.45) is 0. The summed E-state index contributed by atoms with van der Waals surface area (Å²) in [7, 11) is 3.14. The van der Waals surface area contributed by atoms with Gasteiger partial charge in [-0.3, -0.25) is 4.79 Å². The highest BCUT2D eigenvalue weighted by Gasteiger charge is 2.13. The smallest absolute Gasteiger partial charge is 0.255 e.